The number of ether oxygens (including phenoxy) is 2. The van der Waals surface area contributed by atoms with Crippen molar-refractivity contribution in [1.29, 1.82) is 0 Å². The van der Waals surface area contributed by atoms with Gasteiger partial charge < -0.3 is 19.3 Å². The average Bonchev–Trinajstić information content (AvgIpc) is 3.13. The number of rotatable bonds is 7. The zero-order valence-electron chi connectivity index (χ0n) is 16.9. The van der Waals surface area contributed by atoms with E-state index in [1.807, 2.05) is 26.0 Å². The van der Waals surface area contributed by atoms with E-state index in [-0.39, 0.29) is 30.2 Å². The summed E-state index contributed by atoms with van der Waals surface area (Å²) in [4.78, 5) is 27.8. The van der Waals surface area contributed by atoms with Gasteiger partial charge >= 0.3 is 0 Å². The molecule has 0 bridgehead atoms. The molecule has 0 N–H and O–H groups in total. The monoisotopic (exact) mass is 400 g/mol. The lowest BCUT2D eigenvalue weighted by molar-refractivity contribution is -0.121. The number of amides is 2. The molecule has 6 nitrogen and oxygen atoms in total. The molecule has 1 fully saturated rings. The minimum atomic E-state index is -0.531. The Balaban J connectivity index is 1.66. The van der Waals surface area contributed by atoms with Crippen LogP contribution < -0.4 is 19.3 Å². The fourth-order valence-corrected chi connectivity index (χ4v) is 3.39. The summed E-state index contributed by atoms with van der Waals surface area (Å²) in [5.41, 5.74) is 1.26. The minimum absolute atomic E-state index is 0.119. The lowest BCUT2D eigenvalue weighted by Gasteiger charge is -2.27. The highest BCUT2D eigenvalue weighted by Crippen LogP contribution is 2.26. The lowest BCUT2D eigenvalue weighted by Crippen LogP contribution is -2.40. The molecule has 3 rings (SSSR count). The molecule has 1 saturated heterocycles. The van der Waals surface area contributed by atoms with Gasteiger partial charge in [0, 0.05) is 36.4 Å². The van der Waals surface area contributed by atoms with Crippen LogP contribution in [-0.4, -0.2) is 38.1 Å². The molecule has 7 heteroatoms. The van der Waals surface area contributed by atoms with Crippen molar-refractivity contribution in [3.8, 4) is 11.5 Å². The van der Waals surface area contributed by atoms with Gasteiger partial charge in [0.2, 0.25) is 5.91 Å². The molecule has 1 aliphatic rings. The number of hydrogen-bond donors (Lipinski definition) is 0. The Bertz CT molecular complexity index is 883. The number of carbonyl (C=O) groups excluding carboxylic acids is 2. The van der Waals surface area contributed by atoms with Crippen molar-refractivity contribution in [2.24, 2.45) is 0 Å². The third-order valence-electron chi connectivity index (χ3n) is 4.78. The third kappa shape index (κ3) is 4.67. The van der Waals surface area contributed by atoms with Crippen molar-refractivity contribution in [2.45, 2.75) is 32.7 Å². The molecule has 0 aliphatic carbocycles. The van der Waals surface area contributed by atoms with Crippen LogP contribution in [0.25, 0.3) is 0 Å². The van der Waals surface area contributed by atoms with E-state index in [0.717, 1.165) is 18.7 Å². The van der Waals surface area contributed by atoms with Gasteiger partial charge in [-0.25, -0.2) is 4.39 Å². The number of benzene rings is 2. The Morgan fingerprint density at radius 2 is 1.93 bits per heavy atom. The Hall–Kier alpha value is -3.09. The van der Waals surface area contributed by atoms with Crippen LogP contribution in [0.5, 0.6) is 11.5 Å². The van der Waals surface area contributed by atoms with Gasteiger partial charge in [0.1, 0.15) is 5.75 Å². The fourth-order valence-electron chi connectivity index (χ4n) is 3.39. The number of hydrogen-bond acceptors (Lipinski definition) is 4. The third-order valence-corrected chi connectivity index (χ3v) is 4.78. The van der Waals surface area contributed by atoms with Gasteiger partial charge in [-0.3, -0.25) is 9.59 Å². The average molecular weight is 400 g/mol. The normalized spacial score (nSPS) is 13.7. The molecule has 0 radical (unpaired) electrons. The second-order valence-corrected chi connectivity index (χ2v) is 7.11. The van der Waals surface area contributed by atoms with Crippen molar-refractivity contribution < 1.29 is 23.5 Å². The summed E-state index contributed by atoms with van der Waals surface area (Å²) in [6.07, 6.45) is 1.44. The summed E-state index contributed by atoms with van der Waals surface area (Å²) >= 11 is 0. The van der Waals surface area contributed by atoms with E-state index in [1.54, 1.807) is 23.1 Å². The van der Waals surface area contributed by atoms with E-state index in [9.17, 15) is 14.0 Å². The Kier molecular flexibility index (Phi) is 6.36. The van der Waals surface area contributed by atoms with Crippen molar-refractivity contribution in [2.75, 3.05) is 30.1 Å². The van der Waals surface area contributed by atoms with E-state index in [2.05, 4.69) is 0 Å². The molecule has 1 heterocycles. The van der Waals surface area contributed by atoms with Gasteiger partial charge in [-0.05, 0) is 56.7 Å². The topological polar surface area (TPSA) is 59.1 Å². The van der Waals surface area contributed by atoms with Crippen molar-refractivity contribution in [3.63, 3.8) is 0 Å². The number of nitrogens with zero attached hydrogens (tertiary/aromatic N) is 2. The summed E-state index contributed by atoms with van der Waals surface area (Å²) in [6.45, 7) is 4.23. The van der Waals surface area contributed by atoms with Crippen LogP contribution >= 0.6 is 0 Å². The molecule has 0 unspecified atom stereocenters. The molecular formula is C22H25FN2O4. The lowest BCUT2D eigenvalue weighted by atomic mass is 10.2. The van der Waals surface area contributed by atoms with Gasteiger partial charge in [0.15, 0.2) is 18.2 Å². The zero-order chi connectivity index (χ0) is 21.0. The minimum Gasteiger partial charge on any atom is -0.494 e. The first-order valence-electron chi connectivity index (χ1n) is 9.59. The Morgan fingerprint density at radius 3 is 2.48 bits per heavy atom. The number of carbonyl (C=O) groups is 2. The highest BCUT2D eigenvalue weighted by Gasteiger charge is 2.23. The highest BCUT2D eigenvalue weighted by atomic mass is 19.1. The maximum absolute atomic E-state index is 14.1. The van der Waals surface area contributed by atoms with Crippen LogP contribution in [0.2, 0.25) is 0 Å². The second-order valence-electron chi connectivity index (χ2n) is 7.11. The van der Waals surface area contributed by atoms with E-state index in [1.165, 1.54) is 24.1 Å². The van der Waals surface area contributed by atoms with Crippen LogP contribution in [0, 0.1) is 5.82 Å². The summed E-state index contributed by atoms with van der Waals surface area (Å²) in [6, 6.07) is 11.3. The molecule has 154 valence electrons. The smallest absolute Gasteiger partial charge is 0.265 e. The van der Waals surface area contributed by atoms with Crippen molar-refractivity contribution in [1.82, 2.24) is 0 Å². The van der Waals surface area contributed by atoms with Crippen LogP contribution in [0.15, 0.2) is 42.5 Å². The van der Waals surface area contributed by atoms with E-state index >= 15 is 0 Å². The van der Waals surface area contributed by atoms with Crippen LogP contribution in [0.4, 0.5) is 15.8 Å². The molecule has 2 aromatic carbocycles. The molecule has 0 atom stereocenters. The summed E-state index contributed by atoms with van der Waals surface area (Å²) < 4.78 is 24.6. The van der Waals surface area contributed by atoms with Gasteiger partial charge in [-0.1, -0.05) is 0 Å². The van der Waals surface area contributed by atoms with Crippen LogP contribution in [-0.2, 0) is 9.59 Å². The maximum atomic E-state index is 14.1. The molecular weight excluding hydrogens is 375 g/mol. The highest BCUT2D eigenvalue weighted by molar-refractivity contribution is 5.96. The standard InChI is InChI=1S/C22H25FN2O4/c1-15(2)25(17-8-11-20(28-3)19(23)13-17)22(27)14-29-18-9-6-16(7-10-18)24-12-4-5-21(24)26/h6-11,13,15H,4-5,12,14H2,1-3H3. The molecule has 0 spiro atoms. The first-order valence-corrected chi connectivity index (χ1v) is 9.59. The second kappa shape index (κ2) is 8.94. The summed E-state index contributed by atoms with van der Waals surface area (Å²) in [5.74, 6) is -0.0518. The van der Waals surface area contributed by atoms with Crippen molar-refractivity contribution >= 4 is 23.2 Å². The molecule has 0 saturated carbocycles. The SMILES string of the molecule is COc1ccc(N(C(=O)COc2ccc(N3CCCC3=O)cc2)C(C)C)cc1F. The first kappa shape index (κ1) is 20.6. The molecule has 2 aromatic rings. The summed E-state index contributed by atoms with van der Waals surface area (Å²) in [5, 5.41) is 0. The first-order chi connectivity index (χ1) is 13.9. The van der Waals surface area contributed by atoms with Gasteiger partial charge in [-0.15, -0.1) is 0 Å². The van der Waals surface area contributed by atoms with E-state index in [0.29, 0.717) is 17.9 Å². The van der Waals surface area contributed by atoms with Crippen LogP contribution in [0.3, 0.4) is 0 Å². The predicted molar refractivity (Wildman–Crippen MR) is 109 cm³/mol. The number of methoxy groups -OCH3 is 1. The number of halogens is 1. The molecule has 0 aromatic heterocycles. The predicted octanol–water partition coefficient (Wildman–Crippen LogP) is 3.78. The Morgan fingerprint density at radius 1 is 1.21 bits per heavy atom. The molecule has 1 aliphatic heterocycles. The zero-order valence-corrected chi connectivity index (χ0v) is 16.9. The molecule has 2 amide bonds. The Labute approximate surface area is 169 Å². The van der Waals surface area contributed by atoms with Gasteiger partial charge in [0.25, 0.3) is 5.91 Å². The largest absolute Gasteiger partial charge is 0.494 e. The number of anilines is 2. The fraction of sp³-hybridized carbons (Fsp3) is 0.364. The quantitative estimate of drug-likeness (QED) is 0.710. The maximum Gasteiger partial charge on any atom is 0.265 e. The van der Waals surface area contributed by atoms with Gasteiger partial charge in [0.05, 0.1) is 7.11 Å². The molecule has 29 heavy (non-hydrogen) atoms. The summed E-state index contributed by atoms with van der Waals surface area (Å²) in [7, 11) is 1.39. The van der Waals surface area contributed by atoms with Crippen molar-refractivity contribution in [3.05, 3.63) is 48.3 Å². The van der Waals surface area contributed by atoms with Gasteiger partial charge in [-0.2, -0.15) is 0 Å². The van der Waals surface area contributed by atoms with E-state index in [4.69, 9.17) is 9.47 Å². The van der Waals surface area contributed by atoms with Crippen LogP contribution in [0.1, 0.15) is 26.7 Å². The van der Waals surface area contributed by atoms with E-state index < -0.39 is 5.82 Å².